The Hall–Kier alpha value is -3.36. The van der Waals surface area contributed by atoms with Gasteiger partial charge in [-0.05, 0) is 47.3 Å². The lowest BCUT2D eigenvalue weighted by molar-refractivity contribution is 0.0600. The fourth-order valence-electron chi connectivity index (χ4n) is 2.95. The lowest BCUT2D eigenvalue weighted by Crippen LogP contribution is -2.34. The molecule has 0 aliphatic rings. The molecular formula is C21H15N3O3S2. The number of nitrogens with zero attached hydrogens (tertiary/aromatic N) is 1. The number of amides is 1. The zero-order chi connectivity index (χ0) is 20.4. The van der Waals surface area contributed by atoms with Gasteiger partial charge in [0, 0.05) is 5.56 Å². The first-order chi connectivity index (χ1) is 14.0. The van der Waals surface area contributed by atoms with Crippen molar-refractivity contribution in [3.05, 3.63) is 71.8 Å². The number of hydrogen-bond donors (Lipinski definition) is 2. The van der Waals surface area contributed by atoms with Gasteiger partial charge in [-0.2, -0.15) is 0 Å². The normalized spacial score (nSPS) is 10.7. The van der Waals surface area contributed by atoms with Gasteiger partial charge in [-0.1, -0.05) is 47.7 Å². The number of carbonyl (C=O) groups is 2. The minimum absolute atomic E-state index is 0.148. The molecule has 4 aromatic rings. The molecule has 1 amide bonds. The van der Waals surface area contributed by atoms with Gasteiger partial charge in [0.15, 0.2) is 10.2 Å². The number of aromatic nitrogens is 1. The number of hydrogen-bond acceptors (Lipinski definition) is 6. The molecule has 0 saturated carbocycles. The van der Waals surface area contributed by atoms with Crippen LogP contribution in [0.25, 0.3) is 21.0 Å². The van der Waals surface area contributed by atoms with Crippen LogP contribution in [0, 0.1) is 0 Å². The highest BCUT2D eigenvalue weighted by atomic mass is 32.1. The van der Waals surface area contributed by atoms with E-state index in [1.54, 1.807) is 24.3 Å². The van der Waals surface area contributed by atoms with Gasteiger partial charge in [-0.25, -0.2) is 9.78 Å². The number of fused-ring (bicyclic) bond motifs is 2. The molecule has 0 aliphatic heterocycles. The average Bonchev–Trinajstić information content (AvgIpc) is 3.13. The molecule has 8 heteroatoms. The van der Waals surface area contributed by atoms with E-state index in [-0.39, 0.29) is 11.0 Å². The van der Waals surface area contributed by atoms with E-state index < -0.39 is 5.97 Å². The number of rotatable bonds is 3. The summed E-state index contributed by atoms with van der Waals surface area (Å²) < 4.78 is 5.54. The molecule has 1 aromatic heterocycles. The number of benzene rings is 3. The molecule has 6 nitrogen and oxygen atoms in total. The number of ether oxygens (including phenoxy) is 1. The van der Waals surface area contributed by atoms with Crippen LogP contribution in [0.1, 0.15) is 20.7 Å². The third-order valence-corrected chi connectivity index (χ3v) is 5.43. The maximum Gasteiger partial charge on any atom is 0.337 e. The molecule has 0 saturated heterocycles. The molecule has 3 aromatic carbocycles. The Balaban J connectivity index is 1.50. The number of esters is 1. The minimum Gasteiger partial charge on any atom is -0.465 e. The molecule has 0 unspecified atom stereocenters. The van der Waals surface area contributed by atoms with Crippen LogP contribution in [-0.2, 0) is 4.74 Å². The SMILES string of the molecule is COC(=O)c1ccc2nc(NC(=S)NC(=O)c3cccc4ccccc34)sc2c1. The fourth-order valence-corrected chi connectivity index (χ4v) is 4.11. The average molecular weight is 422 g/mol. The molecule has 2 N–H and O–H groups in total. The Morgan fingerprint density at radius 2 is 1.86 bits per heavy atom. The number of thiazole rings is 1. The maximum atomic E-state index is 12.7. The van der Waals surface area contributed by atoms with E-state index in [0.717, 1.165) is 15.5 Å². The molecule has 0 spiro atoms. The summed E-state index contributed by atoms with van der Waals surface area (Å²) >= 11 is 6.60. The van der Waals surface area contributed by atoms with Gasteiger partial charge < -0.3 is 10.1 Å². The molecule has 4 rings (SSSR count). The molecule has 0 radical (unpaired) electrons. The van der Waals surface area contributed by atoms with Gasteiger partial charge >= 0.3 is 5.97 Å². The van der Waals surface area contributed by atoms with Crippen LogP contribution in [-0.4, -0.2) is 29.1 Å². The number of nitrogens with one attached hydrogen (secondary N) is 2. The number of carbonyl (C=O) groups excluding carboxylic acids is 2. The quantitative estimate of drug-likeness (QED) is 0.378. The summed E-state index contributed by atoms with van der Waals surface area (Å²) in [5.74, 6) is -0.707. The van der Waals surface area contributed by atoms with Gasteiger partial charge in [0.25, 0.3) is 5.91 Å². The third-order valence-electron chi connectivity index (χ3n) is 4.29. The van der Waals surface area contributed by atoms with Crippen molar-refractivity contribution < 1.29 is 14.3 Å². The highest BCUT2D eigenvalue weighted by Gasteiger charge is 2.13. The highest BCUT2D eigenvalue weighted by molar-refractivity contribution is 7.80. The van der Waals surface area contributed by atoms with Crippen LogP contribution in [0.5, 0.6) is 0 Å². The summed E-state index contributed by atoms with van der Waals surface area (Å²) in [5, 5.41) is 8.13. The van der Waals surface area contributed by atoms with Gasteiger partial charge in [-0.15, -0.1) is 0 Å². The highest BCUT2D eigenvalue weighted by Crippen LogP contribution is 2.27. The van der Waals surface area contributed by atoms with E-state index in [2.05, 4.69) is 15.6 Å². The van der Waals surface area contributed by atoms with Crippen molar-refractivity contribution in [3.8, 4) is 0 Å². The predicted octanol–water partition coefficient (Wildman–Crippen LogP) is 4.36. The summed E-state index contributed by atoms with van der Waals surface area (Å²) in [6.45, 7) is 0. The van der Waals surface area contributed by atoms with Crippen LogP contribution >= 0.6 is 23.6 Å². The van der Waals surface area contributed by atoms with Crippen molar-refractivity contribution in [2.45, 2.75) is 0 Å². The second-order valence-corrected chi connectivity index (χ2v) is 7.57. The summed E-state index contributed by atoms with van der Waals surface area (Å²) in [6.07, 6.45) is 0. The van der Waals surface area contributed by atoms with Crippen LogP contribution in [0.4, 0.5) is 5.13 Å². The maximum absolute atomic E-state index is 12.7. The Bertz CT molecular complexity index is 1260. The zero-order valence-electron chi connectivity index (χ0n) is 15.3. The van der Waals surface area contributed by atoms with Crippen LogP contribution in [0.15, 0.2) is 60.7 Å². The van der Waals surface area contributed by atoms with Gasteiger partial charge in [0.2, 0.25) is 0 Å². The predicted molar refractivity (Wildman–Crippen MR) is 119 cm³/mol. The molecular weight excluding hydrogens is 406 g/mol. The topological polar surface area (TPSA) is 80.3 Å². The van der Waals surface area contributed by atoms with Crippen LogP contribution in [0.2, 0.25) is 0 Å². The van der Waals surface area contributed by atoms with Crippen molar-refractivity contribution >= 4 is 66.7 Å². The Morgan fingerprint density at radius 1 is 1.07 bits per heavy atom. The minimum atomic E-state index is -0.410. The van der Waals surface area contributed by atoms with E-state index in [9.17, 15) is 9.59 Å². The van der Waals surface area contributed by atoms with E-state index in [0.29, 0.717) is 21.8 Å². The molecule has 1 heterocycles. The number of methoxy groups -OCH3 is 1. The van der Waals surface area contributed by atoms with Gasteiger partial charge in [-0.3, -0.25) is 10.1 Å². The van der Waals surface area contributed by atoms with Crippen LogP contribution in [0.3, 0.4) is 0 Å². The second-order valence-electron chi connectivity index (χ2n) is 6.13. The van der Waals surface area contributed by atoms with Gasteiger partial charge in [0.05, 0.1) is 22.9 Å². The van der Waals surface area contributed by atoms with Gasteiger partial charge in [0.1, 0.15) is 0 Å². The Morgan fingerprint density at radius 3 is 2.69 bits per heavy atom. The summed E-state index contributed by atoms with van der Waals surface area (Å²) in [6, 6.07) is 18.3. The van der Waals surface area contributed by atoms with Crippen LogP contribution < -0.4 is 10.6 Å². The van der Waals surface area contributed by atoms with Crippen molar-refractivity contribution in [3.63, 3.8) is 0 Å². The Labute approximate surface area is 175 Å². The smallest absolute Gasteiger partial charge is 0.337 e. The first-order valence-corrected chi connectivity index (χ1v) is 9.86. The van der Waals surface area contributed by atoms with E-state index in [1.165, 1.54) is 18.4 Å². The lowest BCUT2D eigenvalue weighted by Gasteiger charge is -2.09. The molecule has 29 heavy (non-hydrogen) atoms. The largest absolute Gasteiger partial charge is 0.465 e. The molecule has 144 valence electrons. The fraction of sp³-hybridized carbons (Fsp3) is 0.0476. The monoisotopic (exact) mass is 421 g/mol. The van der Waals surface area contributed by atoms with E-state index in [4.69, 9.17) is 17.0 Å². The van der Waals surface area contributed by atoms with Crippen molar-refractivity contribution in [2.24, 2.45) is 0 Å². The third kappa shape index (κ3) is 3.94. The summed E-state index contributed by atoms with van der Waals surface area (Å²) in [4.78, 5) is 28.8. The van der Waals surface area contributed by atoms with E-state index >= 15 is 0 Å². The van der Waals surface area contributed by atoms with E-state index in [1.807, 2.05) is 36.4 Å². The number of anilines is 1. The molecule has 0 aliphatic carbocycles. The van der Waals surface area contributed by atoms with Crippen molar-refractivity contribution in [1.29, 1.82) is 0 Å². The molecule has 0 fully saturated rings. The summed E-state index contributed by atoms with van der Waals surface area (Å²) in [7, 11) is 1.34. The Kier molecular flexibility index (Phi) is 5.20. The molecule has 0 bridgehead atoms. The zero-order valence-corrected chi connectivity index (χ0v) is 16.9. The number of thiocarbonyl (C=S) groups is 1. The lowest BCUT2D eigenvalue weighted by atomic mass is 10.0. The van der Waals surface area contributed by atoms with Crippen molar-refractivity contribution in [1.82, 2.24) is 10.3 Å². The summed E-state index contributed by atoms with van der Waals surface area (Å²) in [5.41, 5.74) is 1.70. The van der Waals surface area contributed by atoms with Crippen molar-refractivity contribution in [2.75, 3.05) is 12.4 Å². The molecule has 0 atom stereocenters. The standard InChI is InChI=1S/C21H15N3O3S2/c1-27-19(26)13-9-10-16-17(11-13)29-21(22-16)24-20(28)23-18(25)15-8-4-6-12-5-2-3-7-14(12)15/h2-11H,1H3,(H2,22,23,24,25,28). The first-order valence-electron chi connectivity index (χ1n) is 8.64. The second kappa shape index (κ2) is 7.94. The first kappa shape index (κ1) is 19.0.